The fraction of sp³-hybridized carbons (Fsp3) is 0.136. The molecule has 0 unspecified atom stereocenters. The third-order valence-electron chi connectivity index (χ3n) is 4.68. The molecule has 4 aromatic rings. The maximum Gasteiger partial charge on any atom is 0.338 e. The Bertz CT molecular complexity index is 1330. The van der Waals surface area contributed by atoms with E-state index in [2.05, 4.69) is 10.1 Å². The molecule has 0 saturated carbocycles. The number of fused-ring (bicyclic) bond motifs is 1. The maximum absolute atomic E-state index is 12.7. The average Bonchev–Trinajstić information content (AvgIpc) is 3.20. The van der Waals surface area contributed by atoms with E-state index in [9.17, 15) is 9.59 Å². The number of aryl methyl sites for hydroxylation is 1. The number of carbonyl (C=O) groups is 1. The number of rotatable bonds is 5. The minimum absolute atomic E-state index is 0.179. The van der Waals surface area contributed by atoms with Gasteiger partial charge in [0.05, 0.1) is 28.2 Å². The van der Waals surface area contributed by atoms with Crippen molar-refractivity contribution in [3.63, 3.8) is 0 Å². The molecule has 2 aromatic carbocycles. The summed E-state index contributed by atoms with van der Waals surface area (Å²) in [5, 5.41) is 13.7. The van der Waals surface area contributed by atoms with Gasteiger partial charge in [-0.05, 0) is 49.4 Å². The van der Waals surface area contributed by atoms with E-state index in [1.54, 1.807) is 59.4 Å². The lowest BCUT2D eigenvalue weighted by molar-refractivity contribution is 0.0457. The van der Waals surface area contributed by atoms with Gasteiger partial charge in [-0.2, -0.15) is 10.4 Å². The van der Waals surface area contributed by atoms with Gasteiger partial charge in [-0.1, -0.05) is 12.1 Å². The molecule has 2 aromatic heterocycles. The zero-order chi connectivity index (χ0) is 21.1. The highest BCUT2D eigenvalue weighted by Gasteiger charge is 2.14. The minimum Gasteiger partial charge on any atom is -0.454 e. The van der Waals surface area contributed by atoms with Crippen LogP contribution in [0.2, 0.25) is 0 Å². The van der Waals surface area contributed by atoms with Crippen molar-refractivity contribution >= 4 is 16.9 Å². The van der Waals surface area contributed by atoms with Crippen molar-refractivity contribution in [1.29, 1.82) is 5.26 Å². The van der Waals surface area contributed by atoms with Crippen LogP contribution in [-0.4, -0.2) is 25.3 Å². The smallest absolute Gasteiger partial charge is 0.338 e. The van der Waals surface area contributed by atoms with Crippen molar-refractivity contribution in [3.8, 4) is 11.8 Å². The Morgan fingerprint density at radius 1 is 1.13 bits per heavy atom. The predicted octanol–water partition coefficient (Wildman–Crippen LogP) is 2.77. The second kappa shape index (κ2) is 8.01. The van der Waals surface area contributed by atoms with E-state index >= 15 is 0 Å². The number of nitriles is 1. The van der Waals surface area contributed by atoms with Gasteiger partial charge < -0.3 is 4.74 Å². The maximum atomic E-state index is 12.7. The molecule has 8 nitrogen and oxygen atoms in total. The zero-order valence-electron chi connectivity index (χ0n) is 16.1. The fourth-order valence-electron chi connectivity index (χ4n) is 3.15. The Morgan fingerprint density at radius 3 is 2.60 bits per heavy atom. The molecule has 4 rings (SSSR count). The third kappa shape index (κ3) is 3.56. The first-order valence-electron chi connectivity index (χ1n) is 9.22. The molecular weight excluding hydrogens is 382 g/mol. The van der Waals surface area contributed by atoms with E-state index in [4.69, 9.17) is 10.00 Å². The molecule has 0 saturated heterocycles. The predicted molar refractivity (Wildman–Crippen MR) is 109 cm³/mol. The number of hydrogen-bond donors (Lipinski definition) is 0. The summed E-state index contributed by atoms with van der Waals surface area (Å²) in [4.78, 5) is 29.5. The molecule has 0 aliphatic heterocycles. The molecule has 0 aliphatic carbocycles. The summed E-state index contributed by atoms with van der Waals surface area (Å²) in [5.41, 5.74) is 2.31. The van der Waals surface area contributed by atoms with Gasteiger partial charge in [0.15, 0.2) is 5.82 Å². The summed E-state index contributed by atoms with van der Waals surface area (Å²) in [5.74, 6) is -0.331. The van der Waals surface area contributed by atoms with Crippen LogP contribution in [-0.2, 0) is 17.9 Å². The van der Waals surface area contributed by atoms with Crippen molar-refractivity contribution in [3.05, 3.63) is 88.2 Å². The van der Waals surface area contributed by atoms with Crippen LogP contribution in [0, 0.1) is 18.3 Å². The topological polar surface area (TPSA) is 103 Å². The molecule has 0 bridgehead atoms. The molecule has 0 amide bonds. The molecule has 30 heavy (non-hydrogen) atoms. The van der Waals surface area contributed by atoms with Gasteiger partial charge in [0.25, 0.3) is 5.56 Å². The van der Waals surface area contributed by atoms with Crippen LogP contribution < -0.4 is 5.56 Å². The van der Waals surface area contributed by atoms with Crippen molar-refractivity contribution in [2.45, 2.75) is 20.1 Å². The summed E-state index contributed by atoms with van der Waals surface area (Å²) >= 11 is 0. The first-order valence-corrected chi connectivity index (χ1v) is 9.22. The SMILES string of the molecule is Cc1ccnn1-c1ccc(C(=O)OCc2nc3ccccc3c(=O)n2CC#N)cc1. The van der Waals surface area contributed by atoms with Crippen molar-refractivity contribution in [1.82, 2.24) is 19.3 Å². The van der Waals surface area contributed by atoms with Crippen LogP contribution in [0.5, 0.6) is 0 Å². The molecule has 8 heteroatoms. The molecule has 148 valence electrons. The summed E-state index contributed by atoms with van der Waals surface area (Å²) < 4.78 is 8.35. The molecule has 0 atom stereocenters. The number of aromatic nitrogens is 4. The first kappa shape index (κ1) is 19.1. The van der Waals surface area contributed by atoms with Gasteiger partial charge in [0.2, 0.25) is 0 Å². The Balaban J connectivity index is 1.56. The first-order chi connectivity index (χ1) is 14.6. The lowest BCUT2D eigenvalue weighted by Crippen LogP contribution is -2.26. The molecule has 0 fully saturated rings. The quantitative estimate of drug-likeness (QED) is 0.478. The lowest BCUT2D eigenvalue weighted by atomic mass is 10.2. The monoisotopic (exact) mass is 399 g/mol. The average molecular weight is 399 g/mol. The number of para-hydroxylation sites is 1. The molecular formula is C22H17N5O3. The van der Waals surface area contributed by atoms with Crippen molar-refractivity contribution in [2.24, 2.45) is 0 Å². The molecule has 0 radical (unpaired) electrons. The normalized spacial score (nSPS) is 10.7. The number of benzene rings is 2. The highest BCUT2D eigenvalue weighted by atomic mass is 16.5. The molecule has 0 aliphatic rings. The molecule has 0 N–H and O–H groups in total. The largest absolute Gasteiger partial charge is 0.454 e. The van der Waals surface area contributed by atoms with Crippen LogP contribution in [0.4, 0.5) is 0 Å². The van der Waals surface area contributed by atoms with Gasteiger partial charge in [-0.3, -0.25) is 9.36 Å². The standard InChI is InChI=1S/C22H17N5O3/c1-15-10-12-24-27(15)17-8-6-16(7-9-17)22(29)30-14-20-25-19-5-3-2-4-18(19)21(28)26(20)13-11-23/h2-10,12H,13-14H2,1H3. The number of ether oxygens (including phenoxy) is 1. The fourth-order valence-corrected chi connectivity index (χ4v) is 3.15. The Labute approximate surface area is 171 Å². The summed E-state index contributed by atoms with van der Waals surface area (Å²) in [6, 6.07) is 17.5. The second-order valence-corrected chi connectivity index (χ2v) is 6.60. The molecule has 2 heterocycles. The van der Waals surface area contributed by atoms with Gasteiger partial charge >= 0.3 is 5.97 Å². The van der Waals surface area contributed by atoms with E-state index in [1.165, 1.54) is 4.57 Å². The van der Waals surface area contributed by atoms with Gasteiger partial charge in [-0.25, -0.2) is 14.5 Å². The van der Waals surface area contributed by atoms with Gasteiger partial charge in [0.1, 0.15) is 13.2 Å². The zero-order valence-corrected chi connectivity index (χ0v) is 16.1. The molecule has 0 spiro atoms. The van der Waals surface area contributed by atoms with E-state index in [1.807, 2.05) is 19.1 Å². The Hall–Kier alpha value is -4.25. The van der Waals surface area contributed by atoms with Crippen LogP contribution >= 0.6 is 0 Å². The minimum atomic E-state index is -0.551. The van der Waals surface area contributed by atoms with E-state index in [0.29, 0.717) is 16.5 Å². The number of esters is 1. The third-order valence-corrected chi connectivity index (χ3v) is 4.68. The Kier molecular flexibility index (Phi) is 5.09. The number of hydrogen-bond acceptors (Lipinski definition) is 6. The summed E-state index contributed by atoms with van der Waals surface area (Å²) in [6.07, 6.45) is 1.70. The second-order valence-electron chi connectivity index (χ2n) is 6.60. The van der Waals surface area contributed by atoms with E-state index in [-0.39, 0.29) is 24.5 Å². The van der Waals surface area contributed by atoms with Gasteiger partial charge in [-0.15, -0.1) is 0 Å². The van der Waals surface area contributed by atoms with Crippen LogP contribution in [0.15, 0.2) is 65.6 Å². The van der Waals surface area contributed by atoms with Crippen molar-refractivity contribution in [2.75, 3.05) is 0 Å². The van der Waals surface area contributed by atoms with Crippen LogP contribution in [0.3, 0.4) is 0 Å². The number of carbonyl (C=O) groups excluding carboxylic acids is 1. The Morgan fingerprint density at radius 2 is 1.90 bits per heavy atom. The lowest BCUT2D eigenvalue weighted by Gasteiger charge is -2.11. The highest BCUT2D eigenvalue weighted by Crippen LogP contribution is 2.13. The summed E-state index contributed by atoms with van der Waals surface area (Å²) in [7, 11) is 0. The van der Waals surface area contributed by atoms with E-state index < -0.39 is 5.97 Å². The van der Waals surface area contributed by atoms with Crippen LogP contribution in [0.25, 0.3) is 16.6 Å². The van der Waals surface area contributed by atoms with Crippen LogP contribution in [0.1, 0.15) is 21.9 Å². The summed E-state index contributed by atoms with van der Waals surface area (Å²) in [6.45, 7) is 1.54. The highest BCUT2D eigenvalue weighted by molar-refractivity contribution is 5.89. The van der Waals surface area contributed by atoms with Gasteiger partial charge in [0, 0.05) is 11.9 Å². The van der Waals surface area contributed by atoms with Crippen molar-refractivity contribution < 1.29 is 9.53 Å². The number of nitrogens with zero attached hydrogens (tertiary/aromatic N) is 5. The van der Waals surface area contributed by atoms with E-state index in [0.717, 1.165) is 11.4 Å².